The summed E-state index contributed by atoms with van der Waals surface area (Å²) in [6.45, 7) is 7.97. The quantitative estimate of drug-likeness (QED) is 0.836. The average molecular weight is 354 g/mol. The molecule has 1 aromatic heterocycles. The predicted molar refractivity (Wildman–Crippen MR) is 91.5 cm³/mol. The average Bonchev–Trinajstić information content (AvgIpc) is 2.94. The number of hydrogen-bond acceptors (Lipinski definition) is 5. The van der Waals surface area contributed by atoms with Crippen LogP contribution in [0.15, 0.2) is 29.4 Å². The summed E-state index contributed by atoms with van der Waals surface area (Å²) in [4.78, 5) is 12.1. The van der Waals surface area contributed by atoms with E-state index in [-0.39, 0.29) is 23.2 Å². The SMILES string of the molecule is CC(NC(=O)CSc1nnnn1C(C)(C)C)c1ccc(Cl)cc1. The first-order chi connectivity index (χ1) is 10.8. The molecule has 8 heteroatoms. The first kappa shape index (κ1) is 17.7. The highest BCUT2D eigenvalue weighted by molar-refractivity contribution is 7.99. The Labute approximate surface area is 145 Å². The number of benzene rings is 1. The number of thioether (sulfide) groups is 1. The minimum Gasteiger partial charge on any atom is -0.349 e. The standard InChI is InChI=1S/C15H20ClN5OS/c1-10(11-5-7-12(16)8-6-11)17-13(22)9-23-14-18-19-20-21(14)15(2,3)4/h5-8,10H,9H2,1-4H3,(H,17,22). The van der Waals surface area contributed by atoms with Crippen molar-refractivity contribution in [1.29, 1.82) is 0 Å². The third-order valence-corrected chi connectivity index (χ3v) is 4.33. The molecular formula is C15H20ClN5OS. The minimum absolute atomic E-state index is 0.0686. The van der Waals surface area contributed by atoms with Crippen LogP contribution in [0.3, 0.4) is 0 Å². The molecule has 2 rings (SSSR count). The van der Waals surface area contributed by atoms with Crippen molar-refractivity contribution in [1.82, 2.24) is 25.5 Å². The van der Waals surface area contributed by atoms with Crippen LogP contribution in [0, 0.1) is 0 Å². The summed E-state index contributed by atoms with van der Waals surface area (Å²) in [6, 6.07) is 7.34. The first-order valence-electron chi connectivity index (χ1n) is 7.24. The molecule has 1 aromatic carbocycles. The van der Waals surface area contributed by atoms with E-state index in [0.29, 0.717) is 10.2 Å². The number of tetrazole rings is 1. The molecule has 0 aliphatic heterocycles. The Bertz CT molecular complexity index is 665. The van der Waals surface area contributed by atoms with E-state index in [4.69, 9.17) is 11.6 Å². The van der Waals surface area contributed by atoms with Crippen molar-refractivity contribution >= 4 is 29.3 Å². The van der Waals surface area contributed by atoms with Gasteiger partial charge in [0.25, 0.3) is 0 Å². The summed E-state index contributed by atoms with van der Waals surface area (Å²) >= 11 is 7.19. The van der Waals surface area contributed by atoms with Crippen molar-refractivity contribution in [3.8, 4) is 0 Å². The van der Waals surface area contributed by atoms with Gasteiger partial charge in [-0.25, -0.2) is 4.68 Å². The van der Waals surface area contributed by atoms with Crippen LogP contribution in [0.1, 0.15) is 39.3 Å². The summed E-state index contributed by atoms with van der Waals surface area (Å²) < 4.78 is 1.72. The second kappa shape index (κ2) is 7.31. The number of carbonyl (C=O) groups excluding carboxylic acids is 1. The molecule has 23 heavy (non-hydrogen) atoms. The van der Waals surface area contributed by atoms with Crippen molar-refractivity contribution in [2.45, 2.75) is 44.4 Å². The third kappa shape index (κ3) is 4.94. The van der Waals surface area contributed by atoms with E-state index in [1.807, 2.05) is 52.0 Å². The molecular weight excluding hydrogens is 334 g/mol. The number of carbonyl (C=O) groups is 1. The summed E-state index contributed by atoms with van der Waals surface area (Å²) in [5, 5.41) is 15.9. The van der Waals surface area contributed by atoms with Gasteiger partial charge in [0, 0.05) is 5.02 Å². The molecule has 2 aromatic rings. The second-order valence-corrected chi connectivity index (χ2v) is 7.55. The summed E-state index contributed by atoms with van der Waals surface area (Å²) in [7, 11) is 0. The summed E-state index contributed by atoms with van der Waals surface area (Å²) in [5.41, 5.74) is 0.783. The van der Waals surface area contributed by atoms with E-state index in [1.165, 1.54) is 11.8 Å². The third-order valence-electron chi connectivity index (χ3n) is 3.16. The van der Waals surface area contributed by atoms with Crippen LogP contribution in [-0.4, -0.2) is 31.9 Å². The highest BCUT2D eigenvalue weighted by Crippen LogP contribution is 2.21. The van der Waals surface area contributed by atoms with E-state index in [1.54, 1.807) is 4.68 Å². The van der Waals surface area contributed by atoms with Gasteiger partial charge >= 0.3 is 0 Å². The molecule has 0 saturated heterocycles. The molecule has 0 aliphatic carbocycles. The lowest BCUT2D eigenvalue weighted by Gasteiger charge is -2.19. The number of nitrogens with zero attached hydrogens (tertiary/aromatic N) is 4. The highest BCUT2D eigenvalue weighted by Gasteiger charge is 2.20. The fourth-order valence-electron chi connectivity index (χ4n) is 1.94. The van der Waals surface area contributed by atoms with Crippen LogP contribution in [0.2, 0.25) is 5.02 Å². The van der Waals surface area contributed by atoms with E-state index >= 15 is 0 Å². The van der Waals surface area contributed by atoms with Gasteiger partial charge in [0.05, 0.1) is 17.3 Å². The molecule has 1 unspecified atom stereocenters. The van der Waals surface area contributed by atoms with Gasteiger partial charge in [-0.3, -0.25) is 4.79 Å². The van der Waals surface area contributed by atoms with E-state index in [0.717, 1.165) is 5.56 Å². The fourth-order valence-corrected chi connectivity index (χ4v) is 2.93. The van der Waals surface area contributed by atoms with Crippen molar-refractivity contribution in [3.05, 3.63) is 34.9 Å². The van der Waals surface area contributed by atoms with Crippen molar-refractivity contribution in [3.63, 3.8) is 0 Å². The lowest BCUT2D eigenvalue weighted by atomic mass is 10.1. The van der Waals surface area contributed by atoms with Gasteiger partial charge in [0.1, 0.15) is 0 Å². The lowest BCUT2D eigenvalue weighted by Crippen LogP contribution is -2.29. The molecule has 0 radical (unpaired) electrons. The molecule has 0 fully saturated rings. The van der Waals surface area contributed by atoms with Gasteiger partial charge in [0.2, 0.25) is 11.1 Å². The van der Waals surface area contributed by atoms with Crippen LogP contribution in [-0.2, 0) is 10.3 Å². The van der Waals surface area contributed by atoms with Crippen molar-refractivity contribution in [2.24, 2.45) is 0 Å². The zero-order valence-electron chi connectivity index (χ0n) is 13.6. The van der Waals surface area contributed by atoms with Crippen LogP contribution in [0.4, 0.5) is 0 Å². The number of aromatic nitrogens is 4. The molecule has 1 N–H and O–H groups in total. The van der Waals surface area contributed by atoms with Crippen LogP contribution < -0.4 is 5.32 Å². The Kier molecular flexibility index (Phi) is 5.64. The fraction of sp³-hybridized carbons (Fsp3) is 0.467. The number of halogens is 1. The Morgan fingerprint density at radius 3 is 2.61 bits per heavy atom. The predicted octanol–water partition coefficient (Wildman–Crippen LogP) is 3.05. The number of nitrogens with one attached hydrogen (secondary N) is 1. The Balaban J connectivity index is 1.91. The van der Waals surface area contributed by atoms with Crippen LogP contribution in [0.25, 0.3) is 0 Å². The molecule has 6 nitrogen and oxygen atoms in total. The second-order valence-electron chi connectivity index (χ2n) is 6.17. The topological polar surface area (TPSA) is 72.7 Å². The van der Waals surface area contributed by atoms with Gasteiger partial charge in [-0.15, -0.1) is 5.10 Å². The normalized spacial score (nSPS) is 12.9. The Morgan fingerprint density at radius 2 is 2.00 bits per heavy atom. The molecule has 1 amide bonds. The van der Waals surface area contributed by atoms with Gasteiger partial charge in [-0.2, -0.15) is 0 Å². The summed E-state index contributed by atoms with van der Waals surface area (Å²) in [5.74, 6) is 0.190. The summed E-state index contributed by atoms with van der Waals surface area (Å²) in [6.07, 6.45) is 0. The molecule has 0 aliphatic rings. The molecule has 0 bridgehead atoms. The molecule has 1 heterocycles. The zero-order valence-corrected chi connectivity index (χ0v) is 15.1. The molecule has 124 valence electrons. The van der Waals surface area contributed by atoms with Crippen molar-refractivity contribution < 1.29 is 4.79 Å². The maximum Gasteiger partial charge on any atom is 0.230 e. The monoisotopic (exact) mass is 353 g/mol. The maximum atomic E-state index is 12.1. The van der Waals surface area contributed by atoms with Crippen LogP contribution >= 0.6 is 23.4 Å². The lowest BCUT2D eigenvalue weighted by molar-refractivity contribution is -0.119. The first-order valence-corrected chi connectivity index (χ1v) is 8.60. The number of amides is 1. The van der Waals surface area contributed by atoms with E-state index in [2.05, 4.69) is 20.8 Å². The van der Waals surface area contributed by atoms with Gasteiger partial charge in [-0.05, 0) is 55.8 Å². The maximum absolute atomic E-state index is 12.1. The van der Waals surface area contributed by atoms with Gasteiger partial charge in [0.15, 0.2) is 0 Å². The molecule has 0 saturated carbocycles. The van der Waals surface area contributed by atoms with Crippen LogP contribution in [0.5, 0.6) is 0 Å². The number of hydrogen-bond donors (Lipinski definition) is 1. The molecule has 0 spiro atoms. The minimum atomic E-state index is -0.223. The largest absolute Gasteiger partial charge is 0.349 e. The number of rotatable bonds is 5. The zero-order chi connectivity index (χ0) is 17.0. The van der Waals surface area contributed by atoms with E-state index < -0.39 is 0 Å². The van der Waals surface area contributed by atoms with Gasteiger partial charge < -0.3 is 5.32 Å². The van der Waals surface area contributed by atoms with Crippen molar-refractivity contribution in [2.75, 3.05) is 5.75 Å². The Hall–Kier alpha value is -1.60. The smallest absolute Gasteiger partial charge is 0.230 e. The molecule has 1 atom stereocenters. The van der Waals surface area contributed by atoms with E-state index in [9.17, 15) is 4.79 Å². The van der Waals surface area contributed by atoms with Gasteiger partial charge in [-0.1, -0.05) is 35.5 Å². The Morgan fingerprint density at radius 1 is 1.35 bits per heavy atom. The highest BCUT2D eigenvalue weighted by atomic mass is 35.5.